The maximum atomic E-state index is 11.6. The first-order valence-corrected chi connectivity index (χ1v) is 6.05. The number of hydrogen-bond acceptors (Lipinski definition) is 6. The lowest BCUT2D eigenvalue weighted by molar-refractivity contribution is -0.120. The van der Waals surface area contributed by atoms with Gasteiger partial charge in [0.25, 0.3) is 0 Å². The van der Waals surface area contributed by atoms with E-state index in [4.69, 9.17) is 0 Å². The van der Waals surface area contributed by atoms with Crippen molar-refractivity contribution in [1.82, 2.24) is 25.6 Å². The molecule has 0 spiro atoms. The van der Waals surface area contributed by atoms with E-state index in [0.717, 1.165) is 6.42 Å². The quantitative estimate of drug-likeness (QED) is 0.702. The van der Waals surface area contributed by atoms with Gasteiger partial charge in [0.15, 0.2) is 5.69 Å². The van der Waals surface area contributed by atoms with Gasteiger partial charge in [-0.05, 0) is 6.42 Å². The molecule has 1 aromatic rings. The van der Waals surface area contributed by atoms with E-state index in [2.05, 4.69) is 25.7 Å². The van der Waals surface area contributed by atoms with Crippen LogP contribution in [0.2, 0.25) is 0 Å². The second kappa shape index (κ2) is 7.22. The monoisotopic (exact) mass is 283 g/mol. The van der Waals surface area contributed by atoms with Gasteiger partial charge in [-0.3, -0.25) is 10.1 Å². The molecule has 3 amide bonds. The highest BCUT2D eigenvalue weighted by atomic mass is 16.5. The summed E-state index contributed by atoms with van der Waals surface area (Å²) in [6.45, 7) is 1.72. The Hall–Kier alpha value is -2.45. The Morgan fingerprint density at radius 2 is 2.05 bits per heavy atom. The van der Waals surface area contributed by atoms with E-state index in [1.807, 2.05) is 6.92 Å². The molecule has 0 radical (unpaired) electrons. The van der Waals surface area contributed by atoms with Gasteiger partial charge >= 0.3 is 12.0 Å². The van der Waals surface area contributed by atoms with Crippen LogP contribution in [0.25, 0.3) is 0 Å². The lowest BCUT2D eigenvalue weighted by atomic mass is 10.2. The predicted molar refractivity (Wildman–Crippen MR) is 68.0 cm³/mol. The van der Waals surface area contributed by atoms with Gasteiger partial charge in [-0.2, -0.15) is 0 Å². The Balaban J connectivity index is 2.89. The summed E-state index contributed by atoms with van der Waals surface area (Å²) < 4.78 is 5.89. The van der Waals surface area contributed by atoms with Crippen molar-refractivity contribution >= 4 is 17.9 Å². The summed E-state index contributed by atoms with van der Waals surface area (Å²) in [6.07, 6.45) is 1.26. The minimum atomic E-state index is -0.611. The van der Waals surface area contributed by atoms with Crippen molar-refractivity contribution in [2.24, 2.45) is 0 Å². The number of imide groups is 1. The molecule has 9 heteroatoms. The number of carbonyl (C=O) groups is 3. The van der Waals surface area contributed by atoms with Crippen LogP contribution in [0.5, 0.6) is 0 Å². The average Bonchev–Trinajstić information content (AvgIpc) is 2.81. The maximum Gasteiger partial charge on any atom is 0.360 e. The lowest BCUT2D eigenvalue weighted by Crippen LogP contribution is -2.39. The van der Waals surface area contributed by atoms with Crippen molar-refractivity contribution in [2.45, 2.75) is 26.3 Å². The molecule has 9 nitrogen and oxygen atoms in total. The van der Waals surface area contributed by atoms with Gasteiger partial charge < -0.3 is 10.1 Å². The van der Waals surface area contributed by atoms with Crippen LogP contribution in [0, 0.1) is 0 Å². The molecular weight excluding hydrogens is 266 g/mol. The number of carbonyl (C=O) groups excluding carboxylic acids is 3. The SMILES string of the molecule is CCCc1c(C(=O)OC)nnn1CC(=O)NC(=O)NC. The lowest BCUT2D eigenvalue weighted by Gasteiger charge is -2.06. The first kappa shape index (κ1) is 15.6. The summed E-state index contributed by atoms with van der Waals surface area (Å²) in [4.78, 5) is 34.2. The third-order valence-corrected chi connectivity index (χ3v) is 2.48. The molecule has 2 N–H and O–H groups in total. The molecule has 0 saturated heterocycles. The van der Waals surface area contributed by atoms with Crippen molar-refractivity contribution < 1.29 is 19.1 Å². The number of methoxy groups -OCH3 is 1. The highest BCUT2D eigenvalue weighted by molar-refractivity contribution is 5.94. The Morgan fingerprint density at radius 3 is 2.60 bits per heavy atom. The Bertz CT molecular complexity index is 511. The number of ether oxygens (including phenoxy) is 1. The Morgan fingerprint density at radius 1 is 1.35 bits per heavy atom. The zero-order valence-corrected chi connectivity index (χ0v) is 11.6. The third-order valence-electron chi connectivity index (χ3n) is 2.48. The number of esters is 1. The second-order valence-electron chi connectivity index (χ2n) is 3.91. The van der Waals surface area contributed by atoms with Gasteiger partial charge in [0, 0.05) is 7.05 Å². The van der Waals surface area contributed by atoms with E-state index < -0.39 is 17.9 Å². The number of aromatic nitrogens is 3. The highest BCUT2D eigenvalue weighted by Crippen LogP contribution is 2.09. The number of nitrogens with zero attached hydrogens (tertiary/aromatic N) is 3. The van der Waals surface area contributed by atoms with E-state index >= 15 is 0 Å². The van der Waals surface area contributed by atoms with Crippen molar-refractivity contribution in [1.29, 1.82) is 0 Å². The molecule has 1 aromatic heterocycles. The topological polar surface area (TPSA) is 115 Å². The molecular formula is C11H17N5O4. The highest BCUT2D eigenvalue weighted by Gasteiger charge is 2.21. The first-order valence-electron chi connectivity index (χ1n) is 6.05. The second-order valence-corrected chi connectivity index (χ2v) is 3.91. The molecule has 0 fully saturated rings. The van der Waals surface area contributed by atoms with E-state index in [-0.39, 0.29) is 12.2 Å². The summed E-state index contributed by atoms with van der Waals surface area (Å²) in [5.74, 6) is -1.16. The van der Waals surface area contributed by atoms with Crippen LogP contribution in [0.3, 0.4) is 0 Å². The normalized spacial score (nSPS) is 9.95. The smallest absolute Gasteiger partial charge is 0.360 e. The van der Waals surface area contributed by atoms with Crippen LogP contribution in [0.4, 0.5) is 4.79 Å². The van der Waals surface area contributed by atoms with Gasteiger partial charge in [-0.25, -0.2) is 14.3 Å². The van der Waals surface area contributed by atoms with Crippen LogP contribution in [-0.2, 0) is 22.5 Å². The Labute approximate surface area is 115 Å². The average molecular weight is 283 g/mol. The van der Waals surface area contributed by atoms with Crippen molar-refractivity contribution in [3.63, 3.8) is 0 Å². The van der Waals surface area contributed by atoms with Crippen molar-refractivity contribution in [2.75, 3.05) is 14.2 Å². The molecule has 0 atom stereocenters. The van der Waals surface area contributed by atoms with Crippen molar-refractivity contribution in [3.8, 4) is 0 Å². The summed E-state index contributed by atoms with van der Waals surface area (Å²) >= 11 is 0. The standard InChI is InChI=1S/C11H17N5O4/c1-4-5-7-9(10(18)20-3)14-15-16(7)6-8(17)13-11(19)12-2/h4-6H2,1-3H3,(H2,12,13,17,19). The van der Waals surface area contributed by atoms with E-state index in [1.165, 1.54) is 18.8 Å². The molecule has 1 heterocycles. The molecule has 0 aromatic carbocycles. The summed E-state index contributed by atoms with van der Waals surface area (Å²) in [6, 6.07) is -0.611. The van der Waals surface area contributed by atoms with Crippen LogP contribution in [0.1, 0.15) is 29.5 Å². The fraction of sp³-hybridized carbons (Fsp3) is 0.545. The van der Waals surface area contributed by atoms with Crippen LogP contribution in [-0.4, -0.2) is 47.1 Å². The fourth-order valence-electron chi connectivity index (χ4n) is 1.56. The molecule has 0 saturated carbocycles. The van der Waals surface area contributed by atoms with Gasteiger partial charge in [-0.1, -0.05) is 18.6 Å². The Kier molecular flexibility index (Phi) is 5.63. The van der Waals surface area contributed by atoms with Crippen LogP contribution < -0.4 is 10.6 Å². The fourth-order valence-corrected chi connectivity index (χ4v) is 1.56. The number of rotatable bonds is 5. The van der Waals surface area contributed by atoms with Gasteiger partial charge in [0.1, 0.15) is 6.54 Å². The van der Waals surface area contributed by atoms with Crippen LogP contribution in [0.15, 0.2) is 0 Å². The number of amides is 3. The third kappa shape index (κ3) is 3.77. The van der Waals surface area contributed by atoms with Gasteiger partial charge in [0.2, 0.25) is 5.91 Å². The van der Waals surface area contributed by atoms with Gasteiger partial charge in [0.05, 0.1) is 12.8 Å². The largest absolute Gasteiger partial charge is 0.464 e. The summed E-state index contributed by atoms with van der Waals surface area (Å²) in [5, 5.41) is 11.8. The summed E-state index contributed by atoms with van der Waals surface area (Å²) in [7, 11) is 2.64. The predicted octanol–water partition coefficient (Wildman–Crippen LogP) is -0.527. The minimum absolute atomic E-state index is 0.0853. The van der Waals surface area contributed by atoms with E-state index in [1.54, 1.807) is 0 Å². The minimum Gasteiger partial charge on any atom is -0.464 e. The molecule has 20 heavy (non-hydrogen) atoms. The molecule has 1 rings (SSSR count). The molecule has 0 aliphatic rings. The van der Waals surface area contributed by atoms with E-state index in [9.17, 15) is 14.4 Å². The molecule has 110 valence electrons. The van der Waals surface area contributed by atoms with Gasteiger partial charge in [-0.15, -0.1) is 5.10 Å². The maximum absolute atomic E-state index is 11.6. The zero-order chi connectivity index (χ0) is 15.1. The summed E-state index contributed by atoms with van der Waals surface area (Å²) in [5.41, 5.74) is 0.591. The van der Waals surface area contributed by atoms with Crippen LogP contribution >= 0.6 is 0 Å². The molecule has 0 bridgehead atoms. The molecule has 0 unspecified atom stereocenters. The molecule has 0 aliphatic heterocycles. The molecule has 0 aliphatic carbocycles. The zero-order valence-electron chi connectivity index (χ0n) is 11.6. The first-order chi connectivity index (χ1) is 9.53. The number of hydrogen-bond donors (Lipinski definition) is 2. The number of nitrogens with one attached hydrogen (secondary N) is 2. The van der Waals surface area contributed by atoms with Crippen molar-refractivity contribution in [3.05, 3.63) is 11.4 Å². The number of urea groups is 1. The van der Waals surface area contributed by atoms with E-state index in [0.29, 0.717) is 12.1 Å².